The second-order valence-corrected chi connectivity index (χ2v) is 6.75. The summed E-state index contributed by atoms with van der Waals surface area (Å²) >= 11 is 0. The van der Waals surface area contributed by atoms with Gasteiger partial charge in [0, 0.05) is 11.3 Å². The SMILES string of the molecule is Cc1cccc(COc2ccccc2/C=C(\C#N)C(=O)Nc2ccccc2C)c1. The zero-order valence-corrected chi connectivity index (χ0v) is 16.5. The number of aryl methyl sites for hydroxylation is 2. The van der Waals surface area contributed by atoms with E-state index >= 15 is 0 Å². The van der Waals surface area contributed by atoms with Gasteiger partial charge < -0.3 is 10.1 Å². The lowest BCUT2D eigenvalue weighted by atomic mass is 10.1. The molecule has 0 aromatic heterocycles. The van der Waals surface area contributed by atoms with E-state index in [-0.39, 0.29) is 5.57 Å². The van der Waals surface area contributed by atoms with Gasteiger partial charge in [0.1, 0.15) is 24.0 Å². The van der Waals surface area contributed by atoms with Crippen LogP contribution in [-0.2, 0) is 11.4 Å². The Hall–Kier alpha value is -3.84. The van der Waals surface area contributed by atoms with Crippen molar-refractivity contribution >= 4 is 17.7 Å². The van der Waals surface area contributed by atoms with Crippen molar-refractivity contribution in [2.45, 2.75) is 20.5 Å². The summed E-state index contributed by atoms with van der Waals surface area (Å²) in [5, 5.41) is 12.3. The zero-order valence-electron chi connectivity index (χ0n) is 16.5. The molecule has 0 saturated carbocycles. The molecule has 29 heavy (non-hydrogen) atoms. The second kappa shape index (κ2) is 9.38. The normalized spacial score (nSPS) is 10.9. The molecule has 4 heteroatoms. The standard InChI is InChI=1S/C25H22N2O2/c1-18-8-7-10-20(14-18)17-29-24-13-6-4-11-21(24)15-22(16-26)25(28)27-23-12-5-3-9-19(23)2/h3-15H,17H2,1-2H3,(H,27,28)/b22-15+. The molecule has 0 heterocycles. The molecule has 3 rings (SSSR count). The van der Waals surface area contributed by atoms with Gasteiger partial charge in [-0.1, -0.05) is 66.2 Å². The molecular formula is C25H22N2O2. The van der Waals surface area contributed by atoms with Crippen molar-refractivity contribution in [2.75, 3.05) is 5.32 Å². The van der Waals surface area contributed by atoms with E-state index in [4.69, 9.17) is 4.74 Å². The first-order valence-corrected chi connectivity index (χ1v) is 9.33. The van der Waals surface area contributed by atoms with Crippen LogP contribution in [0, 0.1) is 25.2 Å². The lowest BCUT2D eigenvalue weighted by molar-refractivity contribution is -0.112. The number of nitrogens with zero attached hydrogens (tertiary/aromatic N) is 1. The Morgan fingerprint density at radius 1 is 1.03 bits per heavy atom. The average molecular weight is 382 g/mol. The van der Waals surface area contributed by atoms with Gasteiger partial charge in [0.05, 0.1) is 0 Å². The van der Waals surface area contributed by atoms with Crippen molar-refractivity contribution in [2.24, 2.45) is 0 Å². The summed E-state index contributed by atoms with van der Waals surface area (Å²) in [7, 11) is 0. The van der Waals surface area contributed by atoms with E-state index in [0.29, 0.717) is 23.6 Å². The zero-order chi connectivity index (χ0) is 20.6. The van der Waals surface area contributed by atoms with E-state index in [1.165, 1.54) is 5.56 Å². The molecule has 1 N–H and O–H groups in total. The molecule has 0 radical (unpaired) electrons. The van der Waals surface area contributed by atoms with Crippen molar-refractivity contribution in [1.82, 2.24) is 0 Å². The van der Waals surface area contributed by atoms with Crippen LogP contribution in [-0.4, -0.2) is 5.91 Å². The summed E-state index contributed by atoms with van der Waals surface area (Å²) in [6, 6.07) is 24.9. The van der Waals surface area contributed by atoms with Gasteiger partial charge in [-0.3, -0.25) is 4.79 Å². The number of ether oxygens (including phenoxy) is 1. The number of hydrogen-bond donors (Lipinski definition) is 1. The fraction of sp³-hybridized carbons (Fsp3) is 0.120. The Balaban J connectivity index is 1.80. The van der Waals surface area contributed by atoms with Crippen LogP contribution in [0.5, 0.6) is 5.75 Å². The van der Waals surface area contributed by atoms with Crippen molar-refractivity contribution < 1.29 is 9.53 Å². The van der Waals surface area contributed by atoms with Gasteiger partial charge in [0.2, 0.25) is 0 Å². The monoisotopic (exact) mass is 382 g/mol. The van der Waals surface area contributed by atoms with Crippen molar-refractivity contribution in [3.8, 4) is 11.8 Å². The van der Waals surface area contributed by atoms with Gasteiger partial charge in [0.25, 0.3) is 5.91 Å². The molecule has 0 spiro atoms. The predicted octanol–water partition coefficient (Wildman–Crippen LogP) is 5.43. The molecule has 0 aliphatic carbocycles. The highest BCUT2D eigenvalue weighted by Gasteiger charge is 2.12. The third-order valence-electron chi connectivity index (χ3n) is 4.45. The quantitative estimate of drug-likeness (QED) is 0.457. The Bertz CT molecular complexity index is 1090. The number of carbonyl (C=O) groups is 1. The number of nitrogens with one attached hydrogen (secondary N) is 1. The molecule has 4 nitrogen and oxygen atoms in total. The van der Waals surface area contributed by atoms with Crippen LogP contribution >= 0.6 is 0 Å². The molecule has 0 saturated heterocycles. The van der Waals surface area contributed by atoms with Crippen LogP contribution < -0.4 is 10.1 Å². The fourth-order valence-corrected chi connectivity index (χ4v) is 2.90. The molecule has 0 atom stereocenters. The van der Waals surface area contributed by atoms with Crippen molar-refractivity contribution in [3.63, 3.8) is 0 Å². The van der Waals surface area contributed by atoms with E-state index in [2.05, 4.69) is 11.4 Å². The number of rotatable bonds is 6. The van der Waals surface area contributed by atoms with Gasteiger partial charge in [-0.05, 0) is 43.2 Å². The molecule has 0 aliphatic rings. The van der Waals surface area contributed by atoms with E-state index in [0.717, 1.165) is 11.1 Å². The average Bonchev–Trinajstić information content (AvgIpc) is 2.73. The first-order chi connectivity index (χ1) is 14.1. The highest BCUT2D eigenvalue weighted by Crippen LogP contribution is 2.23. The van der Waals surface area contributed by atoms with Gasteiger partial charge in [-0.25, -0.2) is 0 Å². The Morgan fingerprint density at radius 2 is 1.79 bits per heavy atom. The molecule has 1 amide bonds. The summed E-state index contributed by atoms with van der Waals surface area (Å²) in [6.45, 7) is 4.34. The van der Waals surface area contributed by atoms with E-state index in [1.807, 2.05) is 80.6 Å². The third-order valence-corrected chi connectivity index (χ3v) is 4.45. The maximum Gasteiger partial charge on any atom is 0.266 e. The molecule has 0 unspecified atom stereocenters. The van der Waals surface area contributed by atoms with E-state index in [9.17, 15) is 10.1 Å². The van der Waals surface area contributed by atoms with Crippen molar-refractivity contribution in [1.29, 1.82) is 5.26 Å². The Morgan fingerprint density at radius 3 is 2.55 bits per heavy atom. The molecule has 0 aliphatic heterocycles. The van der Waals surface area contributed by atoms with E-state index in [1.54, 1.807) is 12.1 Å². The van der Waals surface area contributed by atoms with Crippen LogP contribution in [0.4, 0.5) is 5.69 Å². The maximum absolute atomic E-state index is 12.6. The van der Waals surface area contributed by atoms with Crippen LogP contribution in [0.15, 0.2) is 78.4 Å². The lowest BCUT2D eigenvalue weighted by Crippen LogP contribution is -2.14. The fourth-order valence-electron chi connectivity index (χ4n) is 2.90. The molecule has 0 bridgehead atoms. The Labute approximate surface area is 171 Å². The smallest absolute Gasteiger partial charge is 0.266 e. The maximum atomic E-state index is 12.6. The summed E-state index contributed by atoms with van der Waals surface area (Å²) < 4.78 is 5.96. The Kier molecular flexibility index (Phi) is 6.44. The largest absolute Gasteiger partial charge is 0.488 e. The van der Waals surface area contributed by atoms with Gasteiger partial charge in [0.15, 0.2) is 0 Å². The van der Waals surface area contributed by atoms with Gasteiger partial charge >= 0.3 is 0 Å². The van der Waals surface area contributed by atoms with E-state index < -0.39 is 5.91 Å². The minimum atomic E-state index is -0.449. The number of benzene rings is 3. The first kappa shape index (κ1) is 19.9. The number of hydrogen-bond acceptors (Lipinski definition) is 3. The summed E-state index contributed by atoms with van der Waals surface area (Å²) in [4.78, 5) is 12.6. The second-order valence-electron chi connectivity index (χ2n) is 6.75. The number of amides is 1. The molecular weight excluding hydrogens is 360 g/mol. The van der Waals surface area contributed by atoms with Crippen LogP contribution in [0.2, 0.25) is 0 Å². The summed E-state index contributed by atoms with van der Waals surface area (Å²) in [5.41, 5.74) is 4.53. The topological polar surface area (TPSA) is 62.1 Å². The van der Waals surface area contributed by atoms with Crippen LogP contribution in [0.3, 0.4) is 0 Å². The van der Waals surface area contributed by atoms with Crippen LogP contribution in [0.1, 0.15) is 22.3 Å². The van der Waals surface area contributed by atoms with Gasteiger partial charge in [-0.15, -0.1) is 0 Å². The third kappa shape index (κ3) is 5.33. The molecule has 3 aromatic carbocycles. The first-order valence-electron chi connectivity index (χ1n) is 9.33. The highest BCUT2D eigenvalue weighted by atomic mass is 16.5. The van der Waals surface area contributed by atoms with Gasteiger partial charge in [-0.2, -0.15) is 5.26 Å². The number of nitriles is 1. The number of para-hydroxylation sites is 2. The minimum Gasteiger partial charge on any atom is -0.488 e. The number of carbonyl (C=O) groups excluding carboxylic acids is 1. The minimum absolute atomic E-state index is 0.0138. The molecule has 0 fully saturated rings. The summed E-state index contributed by atoms with van der Waals surface area (Å²) in [5.74, 6) is 0.167. The summed E-state index contributed by atoms with van der Waals surface area (Å²) in [6.07, 6.45) is 1.55. The predicted molar refractivity (Wildman–Crippen MR) is 115 cm³/mol. The number of anilines is 1. The highest BCUT2D eigenvalue weighted by molar-refractivity contribution is 6.10. The lowest BCUT2D eigenvalue weighted by Gasteiger charge is -2.11. The van der Waals surface area contributed by atoms with Crippen LogP contribution in [0.25, 0.3) is 6.08 Å². The van der Waals surface area contributed by atoms with Crippen molar-refractivity contribution in [3.05, 3.63) is 101 Å². The molecule has 3 aromatic rings. The molecule has 144 valence electrons.